The van der Waals surface area contributed by atoms with Crippen molar-refractivity contribution < 1.29 is 4.39 Å². The fourth-order valence-corrected chi connectivity index (χ4v) is 2.38. The Bertz CT molecular complexity index is 582. The topological polar surface area (TPSA) is 0 Å². The van der Waals surface area contributed by atoms with Gasteiger partial charge in [0.1, 0.15) is 5.82 Å². The Labute approximate surface area is 119 Å². The van der Waals surface area contributed by atoms with Crippen molar-refractivity contribution in [2.75, 3.05) is 0 Å². The van der Waals surface area contributed by atoms with E-state index in [0.29, 0.717) is 11.4 Å². The minimum Gasteiger partial charge on any atom is -0.206 e. The summed E-state index contributed by atoms with van der Waals surface area (Å²) in [5.41, 5.74) is 3.72. The predicted molar refractivity (Wildman–Crippen MR) is 80.1 cm³/mol. The first-order valence-electron chi connectivity index (χ1n) is 6.38. The number of hydrogen-bond donors (Lipinski definition) is 0. The molecule has 0 saturated carbocycles. The van der Waals surface area contributed by atoms with Crippen molar-refractivity contribution in [2.24, 2.45) is 0 Å². The van der Waals surface area contributed by atoms with Crippen LogP contribution in [0.4, 0.5) is 4.39 Å². The third-order valence-corrected chi connectivity index (χ3v) is 3.52. The molecule has 2 aromatic carbocycles. The van der Waals surface area contributed by atoms with Gasteiger partial charge in [-0.25, -0.2) is 4.39 Å². The molecule has 2 aromatic rings. The fraction of sp³-hybridized carbons (Fsp3) is 0.294. The van der Waals surface area contributed by atoms with E-state index in [4.69, 9.17) is 11.6 Å². The van der Waals surface area contributed by atoms with Crippen molar-refractivity contribution in [3.63, 3.8) is 0 Å². The summed E-state index contributed by atoms with van der Waals surface area (Å²) in [7, 11) is 0. The smallest absolute Gasteiger partial charge is 0.131 e. The standard InChI is InChI=1S/C17H18ClF/c1-17(2,3)15-10-12(11-18)8-9-13(15)14-6-4-5-7-16(14)19/h4-10H,11H2,1-3H3. The summed E-state index contributed by atoms with van der Waals surface area (Å²) in [4.78, 5) is 0. The fourth-order valence-electron chi connectivity index (χ4n) is 2.21. The van der Waals surface area contributed by atoms with Crippen LogP contribution < -0.4 is 0 Å². The maximum absolute atomic E-state index is 14.0. The summed E-state index contributed by atoms with van der Waals surface area (Å²) in [5.74, 6) is 0.285. The summed E-state index contributed by atoms with van der Waals surface area (Å²) in [6.45, 7) is 6.39. The lowest BCUT2D eigenvalue weighted by molar-refractivity contribution is 0.589. The van der Waals surface area contributed by atoms with Gasteiger partial charge in [0.05, 0.1) is 0 Å². The first-order valence-corrected chi connectivity index (χ1v) is 6.91. The largest absolute Gasteiger partial charge is 0.206 e. The molecule has 100 valence electrons. The van der Waals surface area contributed by atoms with Crippen molar-refractivity contribution >= 4 is 11.6 Å². The van der Waals surface area contributed by atoms with Gasteiger partial charge in [0, 0.05) is 11.4 Å². The second-order valence-electron chi connectivity index (χ2n) is 5.74. The lowest BCUT2D eigenvalue weighted by atomic mass is 9.81. The normalized spacial score (nSPS) is 11.6. The van der Waals surface area contributed by atoms with Gasteiger partial charge in [0.15, 0.2) is 0 Å². The van der Waals surface area contributed by atoms with E-state index in [0.717, 1.165) is 16.7 Å². The zero-order valence-electron chi connectivity index (χ0n) is 11.5. The van der Waals surface area contributed by atoms with E-state index in [1.165, 1.54) is 6.07 Å². The Morgan fingerprint density at radius 2 is 1.68 bits per heavy atom. The van der Waals surface area contributed by atoms with Gasteiger partial charge >= 0.3 is 0 Å². The third-order valence-electron chi connectivity index (χ3n) is 3.21. The van der Waals surface area contributed by atoms with E-state index < -0.39 is 0 Å². The molecule has 0 N–H and O–H groups in total. The van der Waals surface area contributed by atoms with E-state index in [2.05, 4.69) is 26.8 Å². The van der Waals surface area contributed by atoms with Crippen molar-refractivity contribution in [1.29, 1.82) is 0 Å². The van der Waals surface area contributed by atoms with Crippen molar-refractivity contribution in [2.45, 2.75) is 32.1 Å². The van der Waals surface area contributed by atoms with Gasteiger partial charge in [0.25, 0.3) is 0 Å². The molecular weight excluding hydrogens is 259 g/mol. The van der Waals surface area contributed by atoms with E-state index in [-0.39, 0.29) is 11.2 Å². The first kappa shape index (κ1) is 14.1. The second-order valence-corrected chi connectivity index (χ2v) is 6.01. The molecule has 0 spiro atoms. The Balaban J connectivity index is 2.67. The van der Waals surface area contributed by atoms with E-state index >= 15 is 0 Å². The number of alkyl halides is 1. The molecule has 0 saturated heterocycles. The Kier molecular flexibility index (Phi) is 3.96. The zero-order valence-corrected chi connectivity index (χ0v) is 12.3. The van der Waals surface area contributed by atoms with E-state index in [1.807, 2.05) is 24.3 Å². The van der Waals surface area contributed by atoms with Crippen LogP contribution in [0, 0.1) is 5.82 Å². The lowest BCUT2D eigenvalue weighted by Crippen LogP contribution is -2.13. The average molecular weight is 277 g/mol. The molecule has 0 unspecified atom stereocenters. The minimum absolute atomic E-state index is 0.0559. The van der Waals surface area contributed by atoms with Crippen LogP contribution in [0.2, 0.25) is 0 Å². The molecule has 0 nitrogen and oxygen atoms in total. The lowest BCUT2D eigenvalue weighted by Gasteiger charge is -2.24. The molecular formula is C17H18ClF. The Morgan fingerprint density at radius 3 is 2.26 bits per heavy atom. The number of rotatable bonds is 2. The summed E-state index contributed by atoms with van der Waals surface area (Å²) in [6, 6.07) is 12.9. The Hall–Kier alpha value is -1.34. The molecule has 0 heterocycles. The van der Waals surface area contributed by atoms with Crippen LogP contribution >= 0.6 is 11.6 Å². The average Bonchev–Trinajstić information content (AvgIpc) is 2.38. The molecule has 0 radical (unpaired) electrons. The van der Waals surface area contributed by atoms with Crippen LogP contribution in [0.1, 0.15) is 31.9 Å². The zero-order chi connectivity index (χ0) is 14.0. The molecule has 0 bridgehead atoms. The predicted octanol–water partition coefficient (Wildman–Crippen LogP) is 5.53. The SMILES string of the molecule is CC(C)(C)c1cc(CCl)ccc1-c1ccccc1F. The monoisotopic (exact) mass is 276 g/mol. The summed E-state index contributed by atoms with van der Waals surface area (Å²) < 4.78 is 14.0. The van der Waals surface area contributed by atoms with Gasteiger partial charge in [-0.2, -0.15) is 0 Å². The molecule has 2 heteroatoms. The highest BCUT2D eigenvalue weighted by molar-refractivity contribution is 6.17. The minimum atomic E-state index is -0.188. The summed E-state index contributed by atoms with van der Waals surface area (Å²) in [5, 5.41) is 0. The summed E-state index contributed by atoms with van der Waals surface area (Å²) >= 11 is 5.90. The molecule has 0 fully saturated rings. The Morgan fingerprint density at radius 1 is 1.00 bits per heavy atom. The van der Waals surface area contributed by atoms with Crippen LogP contribution in [0.15, 0.2) is 42.5 Å². The van der Waals surface area contributed by atoms with Gasteiger partial charge in [0.2, 0.25) is 0 Å². The van der Waals surface area contributed by atoms with Gasteiger partial charge in [-0.05, 0) is 28.2 Å². The maximum Gasteiger partial charge on any atom is 0.131 e. The second kappa shape index (κ2) is 5.34. The number of halogens is 2. The van der Waals surface area contributed by atoms with Crippen molar-refractivity contribution in [1.82, 2.24) is 0 Å². The highest BCUT2D eigenvalue weighted by Gasteiger charge is 2.20. The maximum atomic E-state index is 14.0. The number of benzene rings is 2. The van der Waals surface area contributed by atoms with Gasteiger partial charge < -0.3 is 0 Å². The van der Waals surface area contributed by atoms with E-state index in [1.54, 1.807) is 6.07 Å². The highest BCUT2D eigenvalue weighted by Crippen LogP contribution is 2.35. The molecule has 2 rings (SSSR count). The third kappa shape index (κ3) is 2.98. The van der Waals surface area contributed by atoms with Crippen LogP contribution in [-0.2, 0) is 11.3 Å². The van der Waals surface area contributed by atoms with Gasteiger partial charge in [-0.15, -0.1) is 11.6 Å². The molecule has 0 atom stereocenters. The van der Waals surface area contributed by atoms with Gasteiger partial charge in [-0.3, -0.25) is 0 Å². The van der Waals surface area contributed by atoms with Crippen LogP contribution in [0.25, 0.3) is 11.1 Å². The summed E-state index contributed by atoms with van der Waals surface area (Å²) in [6.07, 6.45) is 0. The molecule has 0 aromatic heterocycles. The van der Waals surface area contributed by atoms with Crippen LogP contribution in [0.3, 0.4) is 0 Å². The molecule has 0 aliphatic rings. The molecule has 19 heavy (non-hydrogen) atoms. The van der Waals surface area contributed by atoms with Crippen molar-refractivity contribution in [3.05, 3.63) is 59.4 Å². The molecule has 0 amide bonds. The van der Waals surface area contributed by atoms with Crippen LogP contribution in [-0.4, -0.2) is 0 Å². The molecule has 0 aliphatic heterocycles. The van der Waals surface area contributed by atoms with Crippen molar-refractivity contribution in [3.8, 4) is 11.1 Å². The number of hydrogen-bond acceptors (Lipinski definition) is 0. The van der Waals surface area contributed by atoms with Crippen LogP contribution in [0.5, 0.6) is 0 Å². The first-order chi connectivity index (χ1) is 8.93. The van der Waals surface area contributed by atoms with Gasteiger partial charge in [-0.1, -0.05) is 57.2 Å². The molecule has 0 aliphatic carbocycles. The van der Waals surface area contributed by atoms with E-state index in [9.17, 15) is 4.39 Å². The highest BCUT2D eigenvalue weighted by atomic mass is 35.5. The quantitative estimate of drug-likeness (QED) is 0.633.